The Morgan fingerprint density at radius 3 is 2.87 bits per heavy atom. The molecule has 1 aliphatic heterocycles. The fraction of sp³-hybridized carbons (Fsp3) is 0.273. The number of carbonyl (C=O) groups is 2. The summed E-state index contributed by atoms with van der Waals surface area (Å²) in [5.41, 5.74) is 1.26. The van der Waals surface area contributed by atoms with Crippen LogP contribution in [0.4, 0.5) is 0 Å². The van der Waals surface area contributed by atoms with Crippen LogP contribution in [0.15, 0.2) is 23.1 Å². The summed E-state index contributed by atoms with van der Waals surface area (Å²) in [5, 5.41) is 8.68. The Kier molecular flexibility index (Phi) is 2.77. The molecule has 1 N–H and O–H groups in total. The van der Waals surface area contributed by atoms with Crippen molar-refractivity contribution in [2.45, 2.75) is 17.7 Å². The summed E-state index contributed by atoms with van der Waals surface area (Å²) in [6, 6.07) is 5.28. The third-order valence-corrected chi connectivity index (χ3v) is 3.59. The van der Waals surface area contributed by atoms with Gasteiger partial charge in [0.05, 0.1) is 0 Å². The molecule has 0 unspecified atom stereocenters. The minimum atomic E-state index is -1.38. The van der Waals surface area contributed by atoms with Gasteiger partial charge >= 0.3 is 5.97 Å². The van der Waals surface area contributed by atoms with Crippen LogP contribution < -0.4 is 0 Å². The van der Waals surface area contributed by atoms with Crippen LogP contribution in [0.3, 0.4) is 0 Å². The quantitative estimate of drug-likeness (QED) is 0.614. The Morgan fingerprint density at radius 1 is 1.33 bits per heavy atom. The molecule has 0 saturated carbocycles. The topological polar surface area (TPSA) is 54.4 Å². The highest BCUT2D eigenvalue weighted by atomic mass is 32.2. The number of carbonyl (C=O) groups excluding carboxylic acids is 1. The third-order valence-electron chi connectivity index (χ3n) is 2.40. The number of rotatable bonds is 2. The molecule has 0 aliphatic carbocycles. The lowest BCUT2D eigenvalue weighted by Gasteiger charge is -2.17. The van der Waals surface area contributed by atoms with E-state index in [0.717, 1.165) is 29.1 Å². The molecule has 2 rings (SSSR count). The smallest absolute Gasteiger partial charge is 0.377 e. The molecule has 1 heterocycles. The van der Waals surface area contributed by atoms with Crippen molar-refractivity contribution in [3.63, 3.8) is 0 Å². The average molecular weight is 222 g/mol. The molecule has 0 aromatic heterocycles. The summed E-state index contributed by atoms with van der Waals surface area (Å²) < 4.78 is 0. The van der Waals surface area contributed by atoms with E-state index in [1.807, 2.05) is 6.07 Å². The zero-order valence-corrected chi connectivity index (χ0v) is 8.84. The van der Waals surface area contributed by atoms with Gasteiger partial charge in [0.2, 0.25) is 0 Å². The SMILES string of the molecule is O=C(O)C(=O)c1cccc2c1CCCS2. The van der Waals surface area contributed by atoms with Crippen LogP contribution >= 0.6 is 11.8 Å². The van der Waals surface area contributed by atoms with Crippen LogP contribution in [-0.4, -0.2) is 22.6 Å². The standard InChI is InChI=1S/C11H10O3S/c12-10(11(13)14)8-3-1-5-9-7(8)4-2-6-15-9/h1,3,5H,2,4,6H2,(H,13,14). The number of fused-ring (bicyclic) bond motifs is 1. The molecule has 0 bridgehead atoms. The van der Waals surface area contributed by atoms with Crippen molar-refractivity contribution in [2.24, 2.45) is 0 Å². The Hall–Kier alpha value is -1.29. The van der Waals surface area contributed by atoms with Crippen molar-refractivity contribution in [1.82, 2.24) is 0 Å². The lowest BCUT2D eigenvalue weighted by atomic mass is 9.99. The van der Waals surface area contributed by atoms with Gasteiger partial charge in [-0.15, -0.1) is 11.8 Å². The largest absolute Gasteiger partial charge is 0.475 e. The molecule has 0 spiro atoms. The first-order valence-electron chi connectivity index (χ1n) is 4.72. The maximum absolute atomic E-state index is 11.4. The second-order valence-electron chi connectivity index (χ2n) is 3.37. The van der Waals surface area contributed by atoms with Crippen molar-refractivity contribution < 1.29 is 14.7 Å². The van der Waals surface area contributed by atoms with E-state index < -0.39 is 11.8 Å². The summed E-state index contributed by atoms with van der Waals surface area (Å²) in [6.45, 7) is 0. The normalized spacial score (nSPS) is 14.4. The highest BCUT2D eigenvalue weighted by Crippen LogP contribution is 2.32. The minimum Gasteiger partial charge on any atom is -0.475 e. The van der Waals surface area contributed by atoms with Crippen LogP contribution in [0.1, 0.15) is 22.3 Å². The third kappa shape index (κ3) is 1.90. The number of hydrogen-bond acceptors (Lipinski definition) is 3. The van der Waals surface area contributed by atoms with Crippen molar-refractivity contribution in [3.05, 3.63) is 29.3 Å². The molecule has 0 atom stereocenters. The summed E-state index contributed by atoms with van der Waals surface area (Å²) in [4.78, 5) is 23.1. The fourth-order valence-electron chi connectivity index (χ4n) is 1.72. The van der Waals surface area contributed by atoms with E-state index in [0.29, 0.717) is 5.56 Å². The first-order chi connectivity index (χ1) is 7.20. The van der Waals surface area contributed by atoms with Gasteiger partial charge in [0.15, 0.2) is 0 Å². The van der Waals surface area contributed by atoms with Gasteiger partial charge in [-0.05, 0) is 30.2 Å². The van der Waals surface area contributed by atoms with Crippen molar-refractivity contribution in [1.29, 1.82) is 0 Å². The van der Waals surface area contributed by atoms with Gasteiger partial charge in [-0.3, -0.25) is 4.79 Å². The fourth-order valence-corrected chi connectivity index (χ4v) is 2.79. The van der Waals surface area contributed by atoms with E-state index in [2.05, 4.69) is 0 Å². The van der Waals surface area contributed by atoms with Gasteiger partial charge < -0.3 is 5.11 Å². The molecule has 0 amide bonds. The average Bonchev–Trinajstić information content (AvgIpc) is 2.27. The number of hydrogen-bond donors (Lipinski definition) is 1. The van der Waals surface area contributed by atoms with Gasteiger partial charge in [0.1, 0.15) is 0 Å². The number of carboxylic acids is 1. The molecular formula is C11H10O3S. The first-order valence-corrected chi connectivity index (χ1v) is 5.71. The van der Waals surface area contributed by atoms with Crippen LogP contribution in [0.25, 0.3) is 0 Å². The number of aliphatic carboxylic acids is 1. The zero-order valence-electron chi connectivity index (χ0n) is 8.03. The highest BCUT2D eigenvalue weighted by molar-refractivity contribution is 7.99. The maximum Gasteiger partial charge on any atom is 0.377 e. The molecular weight excluding hydrogens is 212 g/mol. The van der Waals surface area contributed by atoms with Crippen LogP contribution in [-0.2, 0) is 11.2 Å². The molecule has 0 fully saturated rings. The number of carboxylic acid groups (broad SMARTS) is 1. The van der Waals surface area contributed by atoms with E-state index in [9.17, 15) is 9.59 Å². The Balaban J connectivity index is 2.48. The van der Waals surface area contributed by atoms with Gasteiger partial charge in [0, 0.05) is 10.5 Å². The van der Waals surface area contributed by atoms with Gasteiger partial charge in [-0.1, -0.05) is 12.1 Å². The van der Waals surface area contributed by atoms with Gasteiger partial charge in [-0.25, -0.2) is 4.79 Å². The number of benzene rings is 1. The molecule has 0 saturated heterocycles. The second-order valence-corrected chi connectivity index (χ2v) is 4.51. The highest BCUT2D eigenvalue weighted by Gasteiger charge is 2.21. The van der Waals surface area contributed by atoms with Crippen LogP contribution in [0.5, 0.6) is 0 Å². The molecule has 3 nitrogen and oxygen atoms in total. The van der Waals surface area contributed by atoms with E-state index >= 15 is 0 Å². The first kappa shape index (κ1) is 10.2. The van der Waals surface area contributed by atoms with Crippen LogP contribution in [0.2, 0.25) is 0 Å². The van der Waals surface area contributed by atoms with E-state index in [-0.39, 0.29) is 0 Å². The molecule has 15 heavy (non-hydrogen) atoms. The van der Waals surface area contributed by atoms with E-state index in [1.54, 1.807) is 23.9 Å². The van der Waals surface area contributed by atoms with Crippen molar-refractivity contribution >= 4 is 23.5 Å². The summed E-state index contributed by atoms with van der Waals surface area (Å²) >= 11 is 1.69. The lowest BCUT2D eigenvalue weighted by molar-refractivity contribution is -0.131. The molecule has 0 radical (unpaired) electrons. The monoisotopic (exact) mass is 222 g/mol. The summed E-state index contributed by atoms with van der Waals surface area (Å²) in [7, 11) is 0. The van der Waals surface area contributed by atoms with Gasteiger partial charge in [-0.2, -0.15) is 0 Å². The predicted octanol–water partition coefficient (Wildman–Crippen LogP) is 1.99. The summed E-state index contributed by atoms with van der Waals surface area (Å²) in [5.74, 6) is -1.13. The van der Waals surface area contributed by atoms with Crippen molar-refractivity contribution in [3.8, 4) is 0 Å². The predicted molar refractivity (Wildman–Crippen MR) is 57.5 cm³/mol. The van der Waals surface area contributed by atoms with Crippen LogP contribution in [0, 0.1) is 0 Å². The molecule has 1 aromatic rings. The Morgan fingerprint density at radius 2 is 2.13 bits per heavy atom. The Labute approximate surface area is 91.5 Å². The van der Waals surface area contributed by atoms with E-state index in [1.165, 1.54) is 0 Å². The van der Waals surface area contributed by atoms with E-state index in [4.69, 9.17) is 5.11 Å². The van der Waals surface area contributed by atoms with Gasteiger partial charge in [0.25, 0.3) is 5.78 Å². The molecule has 1 aromatic carbocycles. The van der Waals surface area contributed by atoms with Crippen molar-refractivity contribution in [2.75, 3.05) is 5.75 Å². The number of ketones is 1. The number of thioether (sulfide) groups is 1. The summed E-state index contributed by atoms with van der Waals surface area (Å²) in [6.07, 6.45) is 1.80. The maximum atomic E-state index is 11.4. The minimum absolute atomic E-state index is 0.354. The Bertz CT molecular complexity index is 426. The molecule has 1 aliphatic rings. The zero-order chi connectivity index (χ0) is 10.8. The number of Topliss-reactive ketones (excluding diaryl/α,β-unsaturated/α-hetero) is 1. The lowest BCUT2D eigenvalue weighted by Crippen LogP contribution is -2.16. The molecule has 4 heteroatoms. The second kappa shape index (κ2) is 4.06. The molecule has 78 valence electrons.